The first-order valence-electron chi connectivity index (χ1n) is 7.80. The quantitative estimate of drug-likeness (QED) is 0.560. The minimum absolute atomic E-state index is 0.0426. The normalized spacial score (nSPS) is 19.8. The molecule has 2 aromatic rings. The molecule has 0 spiro atoms. The molecule has 2 aliphatic rings. The van der Waals surface area contributed by atoms with E-state index in [1.807, 2.05) is 48.5 Å². The highest BCUT2D eigenvalue weighted by Gasteiger charge is 2.25. The molecule has 5 nitrogen and oxygen atoms in total. The molecule has 0 bridgehead atoms. The third-order valence-electron chi connectivity index (χ3n) is 4.29. The summed E-state index contributed by atoms with van der Waals surface area (Å²) in [6.07, 6.45) is 2.15. The number of hydrogen-bond acceptors (Lipinski definition) is 5. The van der Waals surface area contributed by atoms with E-state index in [1.165, 1.54) is 12.2 Å². The zero-order valence-corrected chi connectivity index (χ0v) is 13.1. The van der Waals surface area contributed by atoms with Gasteiger partial charge in [-0.15, -0.1) is 10.2 Å². The van der Waals surface area contributed by atoms with Gasteiger partial charge in [-0.25, -0.2) is 0 Å². The molecule has 0 saturated carbocycles. The third kappa shape index (κ3) is 2.42. The van der Waals surface area contributed by atoms with Crippen LogP contribution in [0.25, 0.3) is 11.1 Å². The topological polar surface area (TPSA) is 82.2 Å². The Morgan fingerprint density at radius 2 is 1.44 bits per heavy atom. The molecule has 2 aliphatic carbocycles. The van der Waals surface area contributed by atoms with Crippen molar-refractivity contribution in [2.75, 3.05) is 0 Å². The van der Waals surface area contributed by atoms with Gasteiger partial charge < -0.3 is 10.2 Å². The van der Waals surface area contributed by atoms with Crippen LogP contribution in [0, 0.1) is 0 Å². The van der Waals surface area contributed by atoms with Crippen LogP contribution >= 0.6 is 0 Å². The first kappa shape index (κ1) is 15.2. The molecule has 1 unspecified atom stereocenters. The van der Waals surface area contributed by atoms with Crippen LogP contribution in [0.15, 0.2) is 82.2 Å². The zero-order valence-electron chi connectivity index (χ0n) is 13.1. The van der Waals surface area contributed by atoms with Crippen molar-refractivity contribution in [3.05, 3.63) is 83.1 Å². The van der Waals surface area contributed by atoms with Gasteiger partial charge in [-0.1, -0.05) is 48.5 Å². The van der Waals surface area contributed by atoms with Crippen LogP contribution in [0.4, 0.5) is 0 Å². The molecule has 1 atom stereocenters. The van der Waals surface area contributed by atoms with Crippen LogP contribution in [0.5, 0.6) is 0 Å². The minimum Gasteiger partial charge on any atom is -0.505 e. The summed E-state index contributed by atoms with van der Waals surface area (Å²) in [5, 5.41) is 28.5. The molecule has 0 heterocycles. The van der Waals surface area contributed by atoms with Crippen molar-refractivity contribution in [3.8, 4) is 11.1 Å². The smallest absolute Gasteiger partial charge is 0.153 e. The number of hydrogen-bond donors (Lipinski definition) is 2. The second kappa shape index (κ2) is 5.96. The lowest BCUT2D eigenvalue weighted by atomic mass is 10.0. The van der Waals surface area contributed by atoms with Crippen molar-refractivity contribution in [2.24, 2.45) is 10.2 Å². The fraction of sp³-hybridized carbons (Fsp3) is 0.0500. The van der Waals surface area contributed by atoms with Crippen molar-refractivity contribution >= 4 is 17.7 Å². The SMILES string of the molecule is O=CC1=C(O)C(=NN=C2c3ccccc3-c3ccccc32)C(O)C=C1. The Hall–Kier alpha value is -3.31. The van der Waals surface area contributed by atoms with E-state index >= 15 is 0 Å². The maximum Gasteiger partial charge on any atom is 0.153 e. The minimum atomic E-state index is -1.11. The summed E-state index contributed by atoms with van der Waals surface area (Å²) in [6.45, 7) is 0. The fourth-order valence-corrected chi connectivity index (χ4v) is 3.06. The number of allylic oxidation sites excluding steroid dienone is 2. The lowest BCUT2D eigenvalue weighted by Gasteiger charge is -2.13. The largest absolute Gasteiger partial charge is 0.505 e. The summed E-state index contributed by atoms with van der Waals surface area (Å²) < 4.78 is 0. The molecule has 0 fully saturated rings. The van der Waals surface area contributed by atoms with Gasteiger partial charge in [-0.3, -0.25) is 4.79 Å². The highest BCUT2D eigenvalue weighted by atomic mass is 16.3. The van der Waals surface area contributed by atoms with Gasteiger partial charge in [0.2, 0.25) is 0 Å². The van der Waals surface area contributed by atoms with Crippen molar-refractivity contribution in [3.63, 3.8) is 0 Å². The summed E-state index contributed by atoms with van der Waals surface area (Å²) in [5.41, 5.74) is 4.70. The number of aliphatic hydroxyl groups is 2. The van der Waals surface area contributed by atoms with Crippen LogP contribution in [0.1, 0.15) is 11.1 Å². The number of carbonyl (C=O) groups is 1. The maximum absolute atomic E-state index is 11.0. The number of aliphatic hydroxyl groups excluding tert-OH is 2. The molecule has 0 aromatic heterocycles. The third-order valence-corrected chi connectivity index (χ3v) is 4.29. The molecule has 25 heavy (non-hydrogen) atoms. The molecule has 5 heteroatoms. The van der Waals surface area contributed by atoms with Gasteiger partial charge >= 0.3 is 0 Å². The number of benzene rings is 2. The zero-order chi connectivity index (χ0) is 17.4. The summed E-state index contributed by atoms with van der Waals surface area (Å²) in [6, 6.07) is 15.7. The Bertz CT molecular complexity index is 952. The van der Waals surface area contributed by atoms with Crippen molar-refractivity contribution in [2.45, 2.75) is 6.10 Å². The Morgan fingerprint density at radius 3 is 2.00 bits per heavy atom. The Kier molecular flexibility index (Phi) is 3.63. The first-order valence-corrected chi connectivity index (χ1v) is 7.80. The highest BCUT2D eigenvalue weighted by molar-refractivity contribution is 6.24. The van der Waals surface area contributed by atoms with Gasteiger partial charge in [0, 0.05) is 11.1 Å². The van der Waals surface area contributed by atoms with Gasteiger partial charge in [0.15, 0.2) is 12.0 Å². The van der Waals surface area contributed by atoms with E-state index in [9.17, 15) is 15.0 Å². The second-order valence-electron chi connectivity index (χ2n) is 5.75. The van der Waals surface area contributed by atoms with E-state index < -0.39 is 6.10 Å². The summed E-state index contributed by atoms with van der Waals surface area (Å²) >= 11 is 0. The second-order valence-corrected chi connectivity index (χ2v) is 5.75. The summed E-state index contributed by atoms with van der Waals surface area (Å²) in [5.74, 6) is -0.353. The van der Waals surface area contributed by atoms with Crippen molar-refractivity contribution in [1.29, 1.82) is 0 Å². The molecule has 0 radical (unpaired) electrons. The van der Waals surface area contributed by atoms with Gasteiger partial charge in [-0.05, 0) is 23.3 Å². The van der Waals surface area contributed by atoms with E-state index in [0.29, 0.717) is 12.0 Å². The number of carbonyl (C=O) groups excluding carboxylic acids is 1. The molecule has 2 N–H and O–H groups in total. The van der Waals surface area contributed by atoms with Crippen molar-refractivity contribution in [1.82, 2.24) is 0 Å². The lowest BCUT2D eigenvalue weighted by Crippen LogP contribution is -2.24. The van der Waals surface area contributed by atoms with E-state index in [0.717, 1.165) is 22.3 Å². The number of fused-ring (bicyclic) bond motifs is 3. The van der Waals surface area contributed by atoms with Crippen molar-refractivity contribution < 1.29 is 15.0 Å². The average molecular weight is 330 g/mol. The number of nitrogens with zero attached hydrogens (tertiary/aromatic N) is 2. The van der Waals surface area contributed by atoms with Crippen LogP contribution in [-0.4, -0.2) is 34.0 Å². The van der Waals surface area contributed by atoms with Crippen LogP contribution in [-0.2, 0) is 4.79 Å². The average Bonchev–Trinajstić information content (AvgIpc) is 2.96. The van der Waals surface area contributed by atoms with E-state index in [4.69, 9.17) is 0 Å². The summed E-state index contributed by atoms with van der Waals surface area (Å²) in [7, 11) is 0. The van der Waals surface area contributed by atoms with E-state index in [1.54, 1.807) is 0 Å². The molecular weight excluding hydrogens is 316 g/mol. The molecular formula is C20H14N2O3. The first-order chi connectivity index (χ1) is 12.2. The number of aldehydes is 1. The Labute approximate surface area is 144 Å². The predicted octanol–water partition coefficient (Wildman–Crippen LogP) is 2.80. The number of rotatable bonds is 2. The van der Waals surface area contributed by atoms with E-state index in [-0.39, 0.29) is 17.0 Å². The van der Waals surface area contributed by atoms with Gasteiger partial charge in [0.1, 0.15) is 17.5 Å². The molecule has 0 amide bonds. The molecule has 4 rings (SSSR count). The lowest BCUT2D eigenvalue weighted by molar-refractivity contribution is -0.104. The molecule has 0 saturated heterocycles. The van der Waals surface area contributed by atoms with Crippen LogP contribution < -0.4 is 0 Å². The molecule has 0 aliphatic heterocycles. The Balaban J connectivity index is 1.86. The summed E-state index contributed by atoms with van der Waals surface area (Å²) in [4.78, 5) is 11.0. The van der Waals surface area contributed by atoms with Gasteiger partial charge in [-0.2, -0.15) is 0 Å². The van der Waals surface area contributed by atoms with Crippen LogP contribution in [0.2, 0.25) is 0 Å². The molecule has 122 valence electrons. The van der Waals surface area contributed by atoms with Gasteiger partial charge in [0.05, 0.1) is 5.57 Å². The maximum atomic E-state index is 11.0. The molecule has 2 aromatic carbocycles. The monoisotopic (exact) mass is 330 g/mol. The van der Waals surface area contributed by atoms with E-state index in [2.05, 4.69) is 10.2 Å². The predicted molar refractivity (Wildman–Crippen MR) is 95.8 cm³/mol. The Morgan fingerprint density at radius 1 is 0.880 bits per heavy atom. The highest BCUT2D eigenvalue weighted by Crippen LogP contribution is 2.36. The van der Waals surface area contributed by atoms with Gasteiger partial charge in [0.25, 0.3) is 0 Å². The standard InChI is InChI=1S/C20H14N2O3/c23-11-12-9-10-17(24)19(20(12)25)22-21-18-15-7-3-1-5-13(15)14-6-2-4-8-16(14)18/h1-11,17,24-25H. The van der Waals surface area contributed by atoms with Crippen LogP contribution in [0.3, 0.4) is 0 Å². The fourth-order valence-electron chi connectivity index (χ4n) is 3.06.